The molecule has 1 rings (SSSR count). The molecule has 1 aromatic carbocycles. The van der Waals surface area contributed by atoms with Crippen molar-refractivity contribution in [3.8, 4) is 0 Å². The molecular formula is C16H28N2. The molecule has 102 valence electrons. The number of rotatable bonds is 6. The average Bonchev–Trinajstić information content (AvgIpc) is 2.24. The number of nitrogens with two attached hydrogens (primary N) is 1. The van der Waals surface area contributed by atoms with Crippen LogP contribution in [0.3, 0.4) is 0 Å². The largest absolute Gasteiger partial charge is 0.323 e. The monoisotopic (exact) mass is 248 g/mol. The summed E-state index contributed by atoms with van der Waals surface area (Å²) in [7, 11) is 2.16. The van der Waals surface area contributed by atoms with Crippen molar-refractivity contribution in [2.75, 3.05) is 20.1 Å². The van der Waals surface area contributed by atoms with Gasteiger partial charge in [-0.05, 0) is 57.5 Å². The van der Waals surface area contributed by atoms with Crippen LogP contribution in [0, 0.1) is 20.8 Å². The fourth-order valence-corrected chi connectivity index (χ4v) is 2.72. The van der Waals surface area contributed by atoms with Gasteiger partial charge in [-0.25, -0.2) is 0 Å². The van der Waals surface area contributed by atoms with Gasteiger partial charge < -0.3 is 10.6 Å². The summed E-state index contributed by atoms with van der Waals surface area (Å²) in [5.41, 5.74) is 11.7. The molecule has 0 bridgehead atoms. The van der Waals surface area contributed by atoms with Crippen molar-refractivity contribution >= 4 is 0 Å². The molecule has 1 aromatic rings. The molecule has 2 nitrogen and oxygen atoms in total. The van der Waals surface area contributed by atoms with Gasteiger partial charge in [0.1, 0.15) is 0 Å². The highest BCUT2D eigenvalue weighted by atomic mass is 15.1. The Hall–Kier alpha value is -0.860. The highest BCUT2D eigenvalue weighted by molar-refractivity contribution is 5.39. The number of hydrogen-bond acceptors (Lipinski definition) is 2. The molecule has 0 radical (unpaired) electrons. The van der Waals surface area contributed by atoms with Gasteiger partial charge in [-0.2, -0.15) is 0 Å². The van der Waals surface area contributed by atoms with Gasteiger partial charge in [-0.3, -0.25) is 0 Å². The Morgan fingerprint density at radius 2 is 1.72 bits per heavy atom. The number of likely N-dealkylation sites (N-methyl/N-ethyl adjacent to an activating group) is 1. The molecule has 0 amide bonds. The maximum Gasteiger partial charge on any atom is 0.0429 e. The fourth-order valence-electron chi connectivity index (χ4n) is 2.72. The lowest BCUT2D eigenvalue weighted by Gasteiger charge is -2.24. The first-order valence-corrected chi connectivity index (χ1v) is 6.97. The van der Waals surface area contributed by atoms with Crippen molar-refractivity contribution in [3.05, 3.63) is 34.4 Å². The molecule has 0 aliphatic heterocycles. The van der Waals surface area contributed by atoms with Crippen LogP contribution in [-0.4, -0.2) is 25.0 Å². The van der Waals surface area contributed by atoms with E-state index in [-0.39, 0.29) is 6.04 Å². The second-order valence-corrected chi connectivity index (χ2v) is 5.53. The van der Waals surface area contributed by atoms with E-state index in [0.29, 0.717) is 0 Å². The van der Waals surface area contributed by atoms with Crippen molar-refractivity contribution in [2.24, 2.45) is 5.73 Å². The highest BCUT2D eigenvalue weighted by Crippen LogP contribution is 2.22. The quantitative estimate of drug-likeness (QED) is 0.836. The Balaban J connectivity index is 2.75. The lowest BCUT2D eigenvalue weighted by Crippen LogP contribution is -2.30. The number of nitrogens with zero attached hydrogens (tertiary/aromatic N) is 1. The number of unbranched alkanes of at least 4 members (excludes halogenated alkanes) is 1. The Morgan fingerprint density at radius 3 is 2.22 bits per heavy atom. The molecule has 0 aliphatic carbocycles. The van der Waals surface area contributed by atoms with Crippen LogP contribution in [-0.2, 0) is 0 Å². The third-order valence-electron chi connectivity index (χ3n) is 3.51. The van der Waals surface area contributed by atoms with E-state index in [1.54, 1.807) is 0 Å². The zero-order valence-corrected chi connectivity index (χ0v) is 12.6. The summed E-state index contributed by atoms with van der Waals surface area (Å²) in [5, 5.41) is 0. The molecule has 18 heavy (non-hydrogen) atoms. The SMILES string of the molecule is CCCCN(C)CC(N)c1c(C)cc(C)cc1C. The van der Waals surface area contributed by atoms with Crippen LogP contribution in [0.25, 0.3) is 0 Å². The maximum absolute atomic E-state index is 6.38. The average molecular weight is 248 g/mol. The molecule has 0 saturated heterocycles. The maximum atomic E-state index is 6.38. The van der Waals surface area contributed by atoms with Gasteiger partial charge in [0.15, 0.2) is 0 Å². The van der Waals surface area contributed by atoms with Crippen LogP contribution in [0.15, 0.2) is 12.1 Å². The first kappa shape index (κ1) is 15.2. The fraction of sp³-hybridized carbons (Fsp3) is 0.625. The lowest BCUT2D eigenvalue weighted by molar-refractivity contribution is 0.307. The predicted octanol–water partition coefficient (Wildman–Crippen LogP) is 3.34. The van der Waals surface area contributed by atoms with Gasteiger partial charge in [-0.15, -0.1) is 0 Å². The Kier molecular flexibility index (Phi) is 5.83. The predicted molar refractivity (Wildman–Crippen MR) is 80.0 cm³/mol. The van der Waals surface area contributed by atoms with E-state index in [4.69, 9.17) is 5.73 Å². The first-order chi connectivity index (χ1) is 8.45. The van der Waals surface area contributed by atoms with E-state index in [1.165, 1.54) is 35.1 Å². The van der Waals surface area contributed by atoms with Gasteiger partial charge in [0.25, 0.3) is 0 Å². The standard InChI is InChI=1S/C16H28N2/c1-6-7-8-18(5)11-15(17)16-13(3)9-12(2)10-14(16)4/h9-10,15H,6-8,11,17H2,1-5H3. The van der Waals surface area contributed by atoms with E-state index < -0.39 is 0 Å². The minimum atomic E-state index is 0.118. The van der Waals surface area contributed by atoms with Gasteiger partial charge in [0.2, 0.25) is 0 Å². The first-order valence-electron chi connectivity index (χ1n) is 6.97. The van der Waals surface area contributed by atoms with Crippen molar-refractivity contribution < 1.29 is 0 Å². The molecule has 0 aromatic heterocycles. The van der Waals surface area contributed by atoms with Crippen LogP contribution in [0.2, 0.25) is 0 Å². The van der Waals surface area contributed by atoms with E-state index in [2.05, 4.69) is 51.8 Å². The molecule has 1 unspecified atom stereocenters. The molecule has 0 aliphatic rings. The zero-order valence-electron chi connectivity index (χ0n) is 12.6. The zero-order chi connectivity index (χ0) is 13.7. The summed E-state index contributed by atoms with van der Waals surface area (Å²) < 4.78 is 0. The van der Waals surface area contributed by atoms with E-state index >= 15 is 0 Å². The van der Waals surface area contributed by atoms with Gasteiger partial charge in [-0.1, -0.05) is 31.0 Å². The lowest BCUT2D eigenvalue weighted by atomic mass is 9.94. The Morgan fingerprint density at radius 1 is 1.17 bits per heavy atom. The summed E-state index contributed by atoms with van der Waals surface area (Å²) in [6.07, 6.45) is 2.48. The third-order valence-corrected chi connectivity index (χ3v) is 3.51. The second-order valence-electron chi connectivity index (χ2n) is 5.53. The summed E-state index contributed by atoms with van der Waals surface area (Å²) in [4.78, 5) is 2.34. The summed E-state index contributed by atoms with van der Waals surface area (Å²) in [6.45, 7) is 10.8. The van der Waals surface area contributed by atoms with Crippen molar-refractivity contribution in [1.29, 1.82) is 0 Å². The minimum Gasteiger partial charge on any atom is -0.323 e. The van der Waals surface area contributed by atoms with Crippen molar-refractivity contribution in [1.82, 2.24) is 4.90 Å². The van der Waals surface area contributed by atoms with E-state index in [1.807, 2.05) is 0 Å². The molecule has 2 heteroatoms. The molecule has 2 N–H and O–H groups in total. The topological polar surface area (TPSA) is 29.3 Å². The summed E-state index contributed by atoms with van der Waals surface area (Å²) in [5.74, 6) is 0. The van der Waals surface area contributed by atoms with Crippen molar-refractivity contribution in [2.45, 2.75) is 46.6 Å². The van der Waals surface area contributed by atoms with Crippen LogP contribution >= 0.6 is 0 Å². The van der Waals surface area contributed by atoms with Crippen molar-refractivity contribution in [3.63, 3.8) is 0 Å². The summed E-state index contributed by atoms with van der Waals surface area (Å²) >= 11 is 0. The minimum absolute atomic E-state index is 0.118. The third kappa shape index (κ3) is 4.11. The number of hydrogen-bond donors (Lipinski definition) is 1. The molecule has 0 fully saturated rings. The highest BCUT2D eigenvalue weighted by Gasteiger charge is 2.14. The second kappa shape index (κ2) is 6.91. The van der Waals surface area contributed by atoms with Crippen LogP contribution in [0.1, 0.15) is 48.1 Å². The van der Waals surface area contributed by atoms with Gasteiger partial charge in [0, 0.05) is 12.6 Å². The molecular weight excluding hydrogens is 220 g/mol. The molecule has 0 spiro atoms. The van der Waals surface area contributed by atoms with E-state index in [9.17, 15) is 0 Å². The smallest absolute Gasteiger partial charge is 0.0429 e. The molecule has 0 heterocycles. The van der Waals surface area contributed by atoms with E-state index in [0.717, 1.165) is 13.1 Å². The molecule has 1 atom stereocenters. The number of benzene rings is 1. The summed E-state index contributed by atoms with van der Waals surface area (Å²) in [6, 6.07) is 4.58. The van der Waals surface area contributed by atoms with Crippen LogP contribution in [0.5, 0.6) is 0 Å². The molecule has 0 saturated carbocycles. The number of aryl methyl sites for hydroxylation is 3. The Bertz CT molecular complexity index is 362. The van der Waals surface area contributed by atoms with Crippen LogP contribution in [0.4, 0.5) is 0 Å². The van der Waals surface area contributed by atoms with Gasteiger partial charge in [0.05, 0.1) is 0 Å². The van der Waals surface area contributed by atoms with Gasteiger partial charge >= 0.3 is 0 Å². The van der Waals surface area contributed by atoms with Crippen LogP contribution < -0.4 is 5.73 Å². The normalized spacial score (nSPS) is 13.1. The Labute approximate surface area is 112 Å².